The van der Waals surface area contributed by atoms with Crippen molar-refractivity contribution >= 4 is 0 Å². The fourth-order valence-electron chi connectivity index (χ4n) is 0.554. The van der Waals surface area contributed by atoms with Crippen LogP contribution < -0.4 is 51.4 Å². The number of hydrogen-bond acceptors (Lipinski definition) is 0. The van der Waals surface area contributed by atoms with Crippen LogP contribution in [-0.4, -0.2) is 0 Å². The molecule has 0 nitrogen and oxygen atoms in total. The van der Waals surface area contributed by atoms with Crippen molar-refractivity contribution in [2.45, 2.75) is 13.3 Å². The molecule has 0 bridgehead atoms. The Morgan fingerprint density at radius 1 is 1.71 bits per heavy atom. The van der Waals surface area contributed by atoms with Gasteiger partial charge in [-0.1, -0.05) is 23.8 Å². The van der Waals surface area contributed by atoms with Crippen LogP contribution in [0.1, 0.15) is 14.8 Å². The summed E-state index contributed by atoms with van der Waals surface area (Å²) in [5.41, 5.74) is 1.47. The molecule has 0 fully saturated rings. The molecule has 1 heteroatoms. The van der Waals surface area contributed by atoms with E-state index >= 15 is 0 Å². The van der Waals surface area contributed by atoms with E-state index in [2.05, 4.69) is 25.2 Å². The van der Waals surface area contributed by atoms with Crippen molar-refractivity contribution in [1.29, 1.82) is 0 Å². The van der Waals surface area contributed by atoms with Gasteiger partial charge in [0.05, 0.1) is 0 Å². The first-order chi connectivity index (χ1) is 2.89. The van der Waals surface area contributed by atoms with Crippen molar-refractivity contribution in [2.75, 3.05) is 0 Å². The van der Waals surface area contributed by atoms with Gasteiger partial charge in [0.1, 0.15) is 0 Å². The maximum Gasteiger partial charge on any atom is 1.00 e. The van der Waals surface area contributed by atoms with Gasteiger partial charge in [-0.3, -0.25) is 0 Å². The minimum atomic E-state index is 0. The van der Waals surface area contributed by atoms with Crippen LogP contribution in [0.25, 0.3) is 0 Å². The van der Waals surface area contributed by atoms with Crippen LogP contribution in [-0.2, 0) is 0 Å². The first-order valence-electron chi connectivity index (χ1n) is 2.22. The standard InChI is InChI=1S/C6H8.K.H/c1-6-4-2-3-5-6;;/h2-4H,5H2,1H3;;/q;+1;-1. The largest absolute Gasteiger partial charge is 1.00 e. The van der Waals surface area contributed by atoms with E-state index in [-0.39, 0.29) is 52.8 Å². The van der Waals surface area contributed by atoms with E-state index in [1.54, 1.807) is 0 Å². The average Bonchev–Trinajstić information content (AvgIpc) is 1.86. The van der Waals surface area contributed by atoms with Crippen molar-refractivity contribution in [3.05, 3.63) is 23.8 Å². The summed E-state index contributed by atoms with van der Waals surface area (Å²) in [7, 11) is 0. The van der Waals surface area contributed by atoms with Crippen LogP contribution in [0.3, 0.4) is 0 Å². The van der Waals surface area contributed by atoms with E-state index in [9.17, 15) is 0 Å². The molecule has 0 heterocycles. The average molecular weight is 120 g/mol. The number of hydrogen-bond donors (Lipinski definition) is 0. The second-order valence-electron chi connectivity index (χ2n) is 1.65. The SMILES string of the molecule is CC1=CC=CC1.[H-].[K+]. The zero-order valence-corrected chi connectivity index (χ0v) is 8.06. The predicted octanol–water partition coefficient (Wildman–Crippen LogP) is -0.991. The maximum absolute atomic E-state index is 2.16. The van der Waals surface area contributed by atoms with E-state index in [4.69, 9.17) is 0 Å². The van der Waals surface area contributed by atoms with Gasteiger partial charge in [0.2, 0.25) is 0 Å². The molecule has 0 aliphatic heterocycles. The van der Waals surface area contributed by atoms with Gasteiger partial charge in [0.15, 0.2) is 0 Å². The molecular weight excluding hydrogens is 111 g/mol. The van der Waals surface area contributed by atoms with E-state index in [1.807, 2.05) is 0 Å². The fourth-order valence-corrected chi connectivity index (χ4v) is 0.554. The fraction of sp³-hybridized carbons (Fsp3) is 0.333. The smallest absolute Gasteiger partial charge is 1.00 e. The molecule has 0 amide bonds. The monoisotopic (exact) mass is 120 g/mol. The van der Waals surface area contributed by atoms with Crippen LogP contribution in [0.2, 0.25) is 0 Å². The molecule has 1 aliphatic carbocycles. The molecule has 0 N–H and O–H groups in total. The summed E-state index contributed by atoms with van der Waals surface area (Å²) in [5, 5.41) is 0. The van der Waals surface area contributed by atoms with Gasteiger partial charge < -0.3 is 1.43 Å². The Hall–Kier alpha value is 1.12. The Labute approximate surface area is 88.6 Å². The third-order valence-corrected chi connectivity index (χ3v) is 0.957. The van der Waals surface area contributed by atoms with Crippen LogP contribution in [0, 0.1) is 0 Å². The summed E-state index contributed by atoms with van der Waals surface area (Å²) in [6, 6.07) is 0. The summed E-state index contributed by atoms with van der Waals surface area (Å²) in [4.78, 5) is 0. The molecule has 34 valence electrons. The molecular formula is C6H9K. The molecule has 0 saturated carbocycles. The van der Waals surface area contributed by atoms with Crippen molar-refractivity contribution in [3.8, 4) is 0 Å². The van der Waals surface area contributed by atoms with Crippen molar-refractivity contribution < 1.29 is 52.8 Å². The Balaban J connectivity index is 0. The zero-order chi connectivity index (χ0) is 4.41. The zero-order valence-electron chi connectivity index (χ0n) is 5.94. The first kappa shape index (κ1) is 8.12. The van der Waals surface area contributed by atoms with Crippen molar-refractivity contribution in [3.63, 3.8) is 0 Å². The molecule has 0 atom stereocenters. The normalized spacial score (nSPS) is 15.9. The second-order valence-corrected chi connectivity index (χ2v) is 1.65. The number of rotatable bonds is 0. The van der Waals surface area contributed by atoms with Crippen LogP contribution in [0.4, 0.5) is 0 Å². The second kappa shape index (κ2) is 4.04. The van der Waals surface area contributed by atoms with Gasteiger partial charge in [-0.2, -0.15) is 0 Å². The van der Waals surface area contributed by atoms with Crippen molar-refractivity contribution in [2.24, 2.45) is 0 Å². The van der Waals surface area contributed by atoms with Gasteiger partial charge in [0, 0.05) is 0 Å². The first-order valence-corrected chi connectivity index (χ1v) is 2.22. The summed E-state index contributed by atoms with van der Waals surface area (Å²) in [6.07, 6.45) is 7.56. The summed E-state index contributed by atoms with van der Waals surface area (Å²) < 4.78 is 0. The Morgan fingerprint density at radius 2 is 2.43 bits per heavy atom. The third kappa shape index (κ3) is 2.83. The Bertz CT molecular complexity index is 105. The summed E-state index contributed by atoms with van der Waals surface area (Å²) in [5.74, 6) is 0. The molecule has 7 heavy (non-hydrogen) atoms. The molecule has 0 aromatic rings. The van der Waals surface area contributed by atoms with Gasteiger partial charge in [-0.15, -0.1) is 0 Å². The molecule has 0 aromatic heterocycles. The summed E-state index contributed by atoms with van der Waals surface area (Å²) >= 11 is 0. The number of allylic oxidation sites excluding steroid dienone is 4. The van der Waals surface area contributed by atoms with Gasteiger partial charge in [-0.05, 0) is 13.3 Å². The van der Waals surface area contributed by atoms with E-state index < -0.39 is 0 Å². The maximum atomic E-state index is 2.16. The topological polar surface area (TPSA) is 0 Å². The Morgan fingerprint density at radius 3 is 2.57 bits per heavy atom. The molecule has 0 unspecified atom stereocenters. The van der Waals surface area contributed by atoms with Crippen LogP contribution >= 0.6 is 0 Å². The minimum absolute atomic E-state index is 0. The summed E-state index contributed by atoms with van der Waals surface area (Å²) in [6.45, 7) is 2.14. The van der Waals surface area contributed by atoms with Crippen molar-refractivity contribution in [1.82, 2.24) is 0 Å². The van der Waals surface area contributed by atoms with E-state index in [1.165, 1.54) is 12.0 Å². The molecule has 0 radical (unpaired) electrons. The molecule has 1 aliphatic rings. The van der Waals surface area contributed by atoms with Gasteiger partial charge in [-0.25, -0.2) is 0 Å². The van der Waals surface area contributed by atoms with Gasteiger partial charge in [0.25, 0.3) is 0 Å². The minimum Gasteiger partial charge on any atom is -1.00 e. The quantitative estimate of drug-likeness (QED) is 0.360. The molecule has 1 rings (SSSR count). The molecule has 0 saturated heterocycles. The van der Waals surface area contributed by atoms with Gasteiger partial charge >= 0.3 is 51.4 Å². The molecule has 0 spiro atoms. The Kier molecular flexibility index (Phi) is 4.69. The van der Waals surface area contributed by atoms with Crippen LogP contribution in [0.15, 0.2) is 23.8 Å². The third-order valence-electron chi connectivity index (χ3n) is 0.957. The predicted molar refractivity (Wildman–Crippen MR) is 28.6 cm³/mol. The molecule has 0 aromatic carbocycles. The van der Waals surface area contributed by atoms with E-state index in [0.29, 0.717) is 0 Å². The van der Waals surface area contributed by atoms with Crippen LogP contribution in [0.5, 0.6) is 0 Å². The van der Waals surface area contributed by atoms with E-state index in [0.717, 1.165) is 0 Å².